The maximum Gasteiger partial charge on any atom is 0.267 e. The highest BCUT2D eigenvalue weighted by molar-refractivity contribution is 5.85. The van der Waals surface area contributed by atoms with E-state index in [0.717, 1.165) is 0 Å². The number of amides is 1. The summed E-state index contributed by atoms with van der Waals surface area (Å²) >= 11 is 0. The molecule has 0 spiro atoms. The summed E-state index contributed by atoms with van der Waals surface area (Å²) in [5.41, 5.74) is -0.708. The van der Waals surface area contributed by atoms with Crippen LogP contribution in [0.25, 0.3) is 0 Å². The lowest BCUT2D eigenvalue weighted by atomic mass is 10.1. The molecule has 1 amide bonds. The molecule has 1 N–H and O–H groups in total. The molecule has 5 heteroatoms. The van der Waals surface area contributed by atoms with Gasteiger partial charge in [-0.25, -0.2) is 8.78 Å². The molecule has 1 aliphatic heterocycles. The Hall–Kier alpha value is -0.710. The highest BCUT2D eigenvalue weighted by Crippen LogP contribution is 2.47. The van der Waals surface area contributed by atoms with Crippen molar-refractivity contribution in [3.63, 3.8) is 0 Å². The summed E-state index contributed by atoms with van der Waals surface area (Å²) in [5.74, 6) is -3.03. The van der Waals surface area contributed by atoms with E-state index >= 15 is 0 Å². The lowest BCUT2D eigenvalue weighted by Gasteiger charge is -2.21. The molecular weight excluding hydrogens is 192 g/mol. The van der Waals surface area contributed by atoms with Gasteiger partial charge < -0.3 is 10.0 Å². The van der Waals surface area contributed by atoms with E-state index in [9.17, 15) is 13.6 Å². The molecule has 80 valence electrons. The van der Waals surface area contributed by atoms with Gasteiger partial charge in [-0.15, -0.1) is 0 Å². The number of carbonyl (C=O) groups is 1. The predicted octanol–water partition coefficient (Wildman–Crippen LogP) is 0.627. The Morgan fingerprint density at radius 1 is 1.36 bits per heavy atom. The Bertz CT molecular complexity index is 264. The van der Waals surface area contributed by atoms with Crippen molar-refractivity contribution in [1.82, 2.24) is 4.90 Å². The summed E-state index contributed by atoms with van der Waals surface area (Å²) in [5, 5.41) is 8.98. The second kappa shape index (κ2) is 2.89. The molecule has 1 aliphatic carbocycles. The molecule has 0 aromatic heterocycles. The summed E-state index contributed by atoms with van der Waals surface area (Å²) in [4.78, 5) is 12.9. The van der Waals surface area contributed by atoms with Gasteiger partial charge >= 0.3 is 0 Å². The van der Waals surface area contributed by atoms with Crippen molar-refractivity contribution >= 4 is 5.91 Å². The van der Waals surface area contributed by atoms with Crippen molar-refractivity contribution < 1.29 is 18.7 Å². The number of aliphatic hydroxyl groups excluding tert-OH is 1. The van der Waals surface area contributed by atoms with Crippen LogP contribution in [-0.2, 0) is 4.79 Å². The Labute approximate surface area is 80.7 Å². The molecule has 3 nitrogen and oxygen atoms in total. The van der Waals surface area contributed by atoms with Crippen LogP contribution in [0.1, 0.15) is 19.3 Å². The number of alkyl halides is 2. The summed E-state index contributed by atoms with van der Waals surface area (Å²) < 4.78 is 25.6. The molecule has 14 heavy (non-hydrogen) atoms. The quantitative estimate of drug-likeness (QED) is 0.718. The first-order valence-electron chi connectivity index (χ1n) is 4.77. The van der Waals surface area contributed by atoms with Crippen molar-refractivity contribution in [3.05, 3.63) is 0 Å². The van der Waals surface area contributed by atoms with E-state index in [2.05, 4.69) is 0 Å². The molecule has 2 fully saturated rings. The number of likely N-dealkylation sites (tertiary alicyclic amines) is 1. The fourth-order valence-electron chi connectivity index (χ4n) is 1.84. The van der Waals surface area contributed by atoms with Gasteiger partial charge in [0.1, 0.15) is 0 Å². The van der Waals surface area contributed by atoms with Crippen LogP contribution in [0, 0.1) is 5.41 Å². The van der Waals surface area contributed by atoms with Crippen molar-refractivity contribution in [2.24, 2.45) is 5.41 Å². The standard InChI is InChI=1S/C9H13F2NO2/c10-9(11)3-4-12(5-9)7(14)8(6-13)1-2-8/h13H,1-6H2. The first-order valence-corrected chi connectivity index (χ1v) is 4.77. The van der Waals surface area contributed by atoms with Crippen molar-refractivity contribution in [1.29, 1.82) is 0 Å². The fraction of sp³-hybridized carbons (Fsp3) is 0.889. The number of rotatable bonds is 2. The van der Waals surface area contributed by atoms with Gasteiger partial charge in [-0.2, -0.15) is 0 Å². The molecule has 0 radical (unpaired) electrons. The Kier molecular flexibility index (Phi) is 2.03. The normalized spacial score (nSPS) is 27.8. The number of halogens is 2. The van der Waals surface area contributed by atoms with E-state index in [1.54, 1.807) is 0 Å². The topological polar surface area (TPSA) is 40.5 Å². The number of nitrogens with zero attached hydrogens (tertiary/aromatic N) is 1. The van der Waals surface area contributed by atoms with Crippen molar-refractivity contribution in [2.45, 2.75) is 25.2 Å². The maximum atomic E-state index is 12.8. The molecule has 2 aliphatic rings. The van der Waals surface area contributed by atoms with E-state index in [-0.39, 0.29) is 25.5 Å². The van der Waals surface area contributed by atoms with Gasteiger partial charge in [0.2, 0.25) is 5.91 Å². The van der Waals surface area contributed by atoms with Crippen LogP contribution in [0.2, 0.25) is 0 Å². The van der Waals surface area contributed by atoms with Crippen molar-refractivity contribution in [2.75, 3.05) is 19.7 Å². The first-order chi connectivity index (χ1) is 6.49. The Balaban J connectivity index is 2.01. The van der Waals surface area contributed by atoms with Crippen LogP contribution in [0.4, 0.5) is 8.78 Å². The molecule has 0 unspecified atom stereocenters. The second-order valence-corrected chi connectivity index (χ2v) is 4.27. The zero-order valence-electron chi connectivity index (χ0n) is 7.80. The molecule has 2 rings (SSSR count). The summed E-state index contributed by atoms with van der Waals surface area (Å²) in [6, 6.07) is 0. The van der Waals surface area contributed by atoms with Crippen LogP contribution in [0.3, 0.4) is 0 Å². The molecule has 1 saturated carbocycles. The van der Waals surface area contributed by atoms with Crippen molar-refractivity contribution in [3.8, 4) is 0 Å². The fourth-order valence-corrected chi connectivity index (χ4v) is 1.84. The van der Waals surface area contributed by atoms with E-state index in [1.165, 1.54) is 4.90 Å². The maximum absolute atomic E-state index is 12.8. The second-order valence-electron chi connectivity index (χ2n) is 4.27. The lowest BCUT2D eigenvalue weighted by Crippen LogP contribution is -2.38. The van der Waals surface area contributed by atoms with E-state index < -0.39 is 17.9 Å². The van der Waals surface area contributed by atoms with Crippen LogP contribution < -0.4 is 0 Å². The third-order valence-corrected chi connectivity index (χ3v) is 3.07. The van der Waals surface area contributed by atoms with Gasteiger partial charge in [0.15, 0.2) is 0 Å². The highest BCUT2D eigenvalue weighted by Gasteiger charge is 2.54. The third kappa shape index (κ3) is 1.49. The van der Waals surface area contributed by atoms with Gasteiger partial charge in [-0.1, -0.05) is 0 Å². The highest BCUT2D eigenvalue weighted by atomic mass is 19.3. The number of carbonyl (C=O) groups excluding carboxylic acids is 1. The van der Waals surface area contributed by atoms with Crippen LogP contribution in [0.5, 0.6) is 0 Å². The third-order valence-electron chi connectivity index (χ3n) is 3.07. The SMILES string of the molecule is O=C(N1CCC(F)(F)C1)C1(CO)CC1. The van der Waals surface area contributed by atoms with Gasteiger partial charge in [0, 0.05) is 13.0 Å². The molecule has 0 aromatic carbocycles. The minimum absolute atomic E-state index is 0.119. The largest absolute Gasteiger partial charge is 0.395 e. The molecular formula is C9H13F2NO2. The zero-order valence-corrected chi connectivity index (χ0v) is 7.80. The molecule has 1 heterocycles. The summed E-state index contributed by atoms with van der Waals surface area (Å²) in [6.45, 7) is -0.574. The predicted molar refractivity (Wildman–Crippen MR) is 44.9 cm³/mol. The lowest BCUT2D eigenvalue weighted by molar-refractivity contribution is -0.138. The number of aliphatic hydroxyl groups is 1. The monoisotopic (exact) mass is 205 g/mol. The first kappa shape index (κ1) is 9.83. The van der Waals surface area contributed by atoms with Gasteiger partial charge in [0.25, 0.3) is 5.92 Å². The van der Waals surface area contributed by atoms with Crippen LogP contribution in [0.15, 0.2) is 0 Å². The smallest absolute Gasteiger partial charge is 0.267 e. The van der Waals surface area contributed by atoms with Gasteiger partial charge in [-0.3, -0.25) is 4.79 Å². The Morgan fingerprint density at radius 2 is 2.00 bits per heavy atom. The zero-order chi connectivity index (χ0) is 10.4. The Morgan fingerprint density at radius 3 is 2.36 bits per heavy atom. The minimum atomic E-state index is -2.73. The average Bonchev–Trinajstić information content (AvgIpc) is 2.85. The minimum Gasteiger partial charge on any atom is -0.395 e. The average molecular weight is 205 g/mol. The van der Waals surface area contributed by atoms with Gasteiger partial charge in [-0.05, 0) is 12.8 Å². The molecule has 0 aromatic rings. The summed E-state index contributed by atoms with van der Waals surface area (Å²) in [6.07, 6.45) is 1.01. The van der Waals surface area contributed by atoms with Gasteiger partial charge in [0.05, 0.1) is 18.6 Å². The number of hydrogen-bond donors (Lipinski definition) is 1. The molecule has 0 bridgehead atoms. The van der Waals surface area contributed by atoms with E-state index in [1.807, 2.05) is 0 Å². The van der Waals surface area contributed by atoms with Crippen LogP contribution in [-0.4, -0.2) is 41.5 Å². The van der Waals surface area contributed by atoms with E-state index in [4.69, 9.17) is 5.11 Å². The number of hydrogen-bond acceptors (Lipinski definition) is 2. The molecule has 0 atom stereocenters. The van der Waals surface area contributed by atoms with E-state index in [0.29, 0.717) is 12.8 Å². The van der Waals surface area contributed by atoms with Crippen LogP contribution >= 0.6 is 0 Å². The summed E-state index contributed by atoms with van der Waals surface area (Å²) in [7, 11) is 0. The molecule has 1 saturated heterocycles.